The highest BCUT2D eigenvalue weighted by Gasteiger charge is 2.28. The molecule has 0 radical (unpaired) electrons. The number of allylic oxidation sites excluding steroid dienone is 1. The molecule has 0 aromatic carbocycles. The quantitative estimate of drug-likeness (QED) is 0.784. The molecule has 2 rings (SSSR count). The number of hydrogen-bond acceptors (Lipinski definition) is 4. The number of aromatic amines is 1. The van der Waals surface area contributed by atoms with Crippen LogP contribution in [0.25, 0.3) is 0 Å². The summed E-state index contributed by atoms with van der Waals surface area (Å²) in [5.41, 5.74) is 3.99. The Hall–Kier alpha value is -1.66. The van der Waals surface area contributed by atoms with E-state index in [1.165, 1.54) is 5.57 Å². The summed E-state index contributed by atoms with van der Waals surface area (Å²) in [6.45, 7) is 9.66. The van der Waals surface area contributed by atoms with Crippen molar-refractivity contribution in [2.24, 2.45) is 0 Å². The van der Waals surface area contributed by atoms with Crippen molar-refractivity contribution in [1.29, 1.82) is 0 Å². The summed E-state index contributed by atoms with van der Waals surface area (Å²) < 4.78 is 11.4. The summed E-state index contributed by atoms with van der Waals surface area (Å²) in [5.74, 6) is -0.0242. The van der Waals surface area contributed by atoms with E-state index in [1.54, 1.807) is 0 Å². The molecule has 0 spiro atoms. The molecule has 0 aliphatic carbocycles. The molecule has 0 saturated carbocycles. The second kappa shape index (κ2) is 8.26. The van der Waals surface area contributed by atoms with Crippen LogP contribution in [0.5, 0.6) is 0 Å². The molecule has 0 unspecified atom stereocenters. The van der Waals surface area contributed by atoms with Gasteiger partial charge in [-0.15, -0.1) is 0 Å². The van der Waals surface area contributed by atoms with Gasteiger partial charge in [-0.3, -0.25) is 9.89 Å². The van der Waals surface area contributed by atoms with Crippen molar-refractivity contribution in [2.45, 2.75) is 52.7 Å². The van der Waals surface area contributed by atoms with E-state index in [1.807, 2.05) is 33.8 Å². The van der Waals surface area contributed by atoms with Gasteiger partial charge >= 0.3 is 0 Å². The van der Waals surface area contributed by atoms with Gasteiger partial charge in [0, 0.05) is 17.9 Å². The van der Waals surface area contributed by atoms with E-state index < -0.39 is 0 Å². The average molecular weight is 321 g/mol. The zero-order valence-corrected chi connectivity index (χ0v) is 14.4. The molecule has 1 fully saturated rings. The number of rotatable bonds is 6. The Kier molecular flexibility index (Phi) is 6.36. The number of H-pyrrole nitrogens is 1. The molecular weight excluding hydrogens is 294 g/mol. The lowest BCUT2D eigenvalue weighted by Gasteiger charge is -2.32. The summed E-state index contributed by atoms with van der Waals surface area (Å²) >= 11 is 0. The van der Waals surface area contributed by atoms with Gasteiger partial charge < -0.3 is 14.8 Å². The number of amides is 1. The largest absolute Gasteiger partial charge is 0.379 e. The number of hydrogen-bond donors (Lipinski definition) is 2. The third kappa shape index (κ3) is 5.18. The van der Waals surface area contributed by atoms with Crippen LogP contribution in [0.3, 0.4) is 0 Å². The first-order valence-electron chi connectivity index (χ1n) is 8.10. The van der Waals surface area contributed by atoms with Crippen molar-refractivity contribution in [3.8, 4) is 0 Å². The zero-order valence-electron chi connectivity index (χ0n) is 14.4. The monoisotopic (exact) mass is 321 g/mol. The van der Waals surface area contributed by atoms with Crippen LogP contribution in [0.2, 0.25) is 0 Å². The number of ether oxygens (including phenoxy) is 2. The fourth-order valence-electron chi connectivity index (χ4n) is 2.64. The van der Waals surface area contributed by atoms with Crippen molar-refractivity contribution in [3.63, 3.8) is 0 Å². The molecule has 6 nitrogen and oxygen atoms in total. The van der Waals surface area contributed by atoms with Crippen molar-refractivity contribution < 1.29 is 14.3 Å². The summed E-state index contributed by atoms with van der Waals surface area (Å²) in [4.78, 5) is 12.3. The molecule has 2 heterocycles. The van der Waals surface area contributed by atoms with Gasteiger partial charge in [-0.1, -0.05) is 11.6 Å². The second-order valence-electron chi connectivity index (χ2n) is 6.28. The van der Waals surface area contributed by atoms with E-state index in [-0.39, 0.29) is 18.1 Å². The standard InChI is InChI=1S/C17H27N3O3/c1-11(2)5-8-23-16-6-7-22-10-15(16)18-17(21)9-14-12(3)19-20-13(14)4/h5,15-16H,6-10H2,1-4H3,(H,18,21)(H,19,20)/t15-,16+/m0/s1. The Bertz CT molecular complexity index is 542. The number of aryl methyl sites for hydroxylation is 2. The van der Waals surface area contributed by atoms with Gasteiger partial charge in [0.15, 0.2) is 0 Å². The van der Waals surface area contributed by atoms with Crippen LogP contribution in [0.1, 0.15) is 37.2 Å². The summed E-state index contributed by atoms with van der Waals surface area (Å²) in [5, 5.41) is 10.1. The van der Waals surface area contributed by atoms with Gasteiger partial charge in [0.2, 0.25) is 5.91 Å². The van der Waals surface area contributed by atoms with Gasteiger partial charge in [-0.05, 0) is 34.1 Å². The van der Waals surface area contributed by atoms with Gasteiger partial charge in [0.25, 0.3) is 0 Å². The minimum atomic E-state index is -0.102. The van der Waals surface area contributed by atoms with Gasteiger partial charge in [0.05, 0.1) is 37.5 Å². The number of aromatic nitrogens is 2. The van der Waals surface area contributed by atoms with Crippen molar-refractivity contribution >= 4 is 5.91 Å². The van der Waals surface area contributed by atoms with Crippen LogP contribution in [0.15, 0.2) is 11.6 Å². The molecule has 128 valence electrons. The molecule has 1 saturated heterocycles. The van der Waals surface area contributed by atoms with E-state index in [4.69, 9.17) is 9.47 Å². The van der Waals surface area contributed by atoms with Crippen molar-refractivity contribution in [3.05, 3.63) is 28.6 Å². The Morgan fingerprint density at radius 3 is 2.91 bits per heavy atom. The van der Waals surface area contributed by atoms with E-state index in [2.05, 4.69) is 15.5 Å². The molecule has 23 heavy (non-hydrogen) atoms. The molecule has 1 aliphatic heterocycles. The lowest BCUT2D eigenvalue weighted by molar-refractivity contribution is -0.125. The molecule has 2 N–H and O–H groups in total. The van der Waals surface area contributed by atoms with E-state index in [0.717, 1.165) is 23.4 Å². The maximum atomic E-state index is 12.3. The Morgan fingerprint density at radius 2 is 2.26 bits per heavy atom. The molecule has 1 aromatic heterocycles. The normalized spacial score (nSPS) is 21.0. The Labute approximate surface area is 137 Å². The lowest BCUT2D eigenvalue weighted by atomic mass is 10.1. The lowest BCUT2D eigenvalue weighted by Crippen LogP contribution is -2.51. The average Bonchev–Trinajstić information content (AvgIpc) is 2.80. The van der Waals surface area contributed by atoms with Crippen LogP contribution in [0, 0.1) is 13.8 Å². The van der Waals surface area contributed by atoms with Crippen LogP contribution in [0.4, 0.5) is 0 Å². The van der Waals surface area contributed by atoms with E-state index in [9.17, 15) is 4.79 Å². The number of nitrogens with one attached hydrogen (secondary N) is 2. The summed E-state index contributed by atoms with van der Waals surface area (Å²) in [6.07, 6.45) is 3.17. The Morgan fingerprint density at radius 1 is 1.48 bits per heavy atom. The van der Waals surface area contributed by atoms with Crippen molar-refractivity contribution in [2.75, 3.05) is 19.8 Å². The minimum Gasteiger partial charge on any atom is -0.379 e. The van der Waals surface area contributed by atoms with Gasteiger partial charge in [0.1, 0.15) is 0 Å². The fraction of sp³-hybridized carbons (Fsp3) is 0.647. The minimum absolute atomic E-state index is 0.00477. The topological polar surface area (TPSA) is 76.2 Å². The smallest absolute Gasteiger partial charge is 0.224 e. The van der Waals surface area contributed by atoms with E-state index >= 15 is 0 Å². The van der Waals surface area contributed by atoms with Gasteiger partial charge in [-0.25, -0.2) is 0 Å². The predicted octanol–water partition coefficient (Wildman–Crippen LogP) is 1.83. The first-order valence-corrected chi connectivity index (χ1v) is 8.10. The number of carbonyl (C=O) groups excluding carboxylic acids is 1. The highest BCUT2D eigenvalue weighted by atomic mass is 16.5. The maximum Gasteiger partial charge on any atom is 0.224 e. The third-order valence-electron chi connectivity index (χ3n) is 4.06. The third-order valence-corrected chi connectivity index (χ3v) is 4.06. The highest BCUT2D eigenvalue weighted by Crippen LogP contribution is 2.14. The van der Waals surface area contributed by atoms with Crippen LogP contribution >= 0.6 is 0 Å². The summed E-state index contributed by atoms with van der Waals surface area (Å²) in [7, 11) is 0. The molecule has 1 aromatic rings. The van der Waals surface area contributed by atoms with Gasteiger partial charge in [-0.2, -0.15) is 5.10 Å². The second-order valence-corrected chi connectivity index (χ2v) is 6.28. The SMILES string of the molecule is CC(C)=CCO[C@@H]1CCOC[C@@H]1NC(=O)Cc1c(C)n[nH]c1C. The fourth-order valence-corrected chi connectivity index (χ4v) is 2.64. The predicted molar refractivity (Wildman–Crippen MR) is 88.3 cm³/mol. The highest BCUT2D eigenvalue weighted by molar-refractivity contribution is 5.79. The summed E-state index contributed by atoms with van der Waals surface area (Å²) in [6, 6.07) is -0.102. The first-order chi connectivity index (χ1) is 11.0. The molecular formula is C17H27N3O3. The zero-order chi connectivity index (χ0) is 16.8. The van der Waals surface area contributed by atoms with Crippen molar-refractivity contribution in [1.82, 2.24) is 15.5 Å². The molecule has 2 atom stereocenters. The van der Waals surface area contributed by atoms with Crippen LogP contribution in [-0.2, 0) is 20.7 Å². The molecule has 0 bridgehead atoms. The number of carbonyl (C=O) groups is 1. The molecule has 6 heteroatoms. The van der Waals surface area contributed by atoms with E-state index in [0.29, 0.717) is 26.2 Å². The van der Waals surface area contributed by atoms with Crippen LogP contribution < -0.4 is 5.32 Å². The number of nitrogens with zero attached hydrogens (tertiary/aromatic N) is 1. The first kappa shape index (κ1) is 17.7. The Balaban J connectivity index is 1.90. The molecule has 1 aliphatic rings. The van der Waals surface area contributed by atoms with Crippen LogP contribution in [-0.4, -0.2) is 48.1 Å². The maximum absolute atomic E-state index is 12.3. The molecule has 1 amide bonds.